The van der Waals surface area contributed by atoms with E-state index in [1.54, 1.807) is 0 Å². The van der Waals surface area contributed by atoms with E-state index in [0.29, 0.717) is 18.2 Å². The molecule has 0 aliphatic heterocycles. The van der Waals surface area contributed by atoms with Gasteiger partial charge in [-0.1, -0.05) is 44.0 Å². The van der Waals surface area contributed by atoms with E-state index >= 15 is 0 Å². The SMILES string of the molecule is CCCCOCCOc1c(Cl)cccc1CNCC. The molecule has 0 unspecified atom stereocenters. The molecule has 0 radical (unpaired) electrons. The van der Waals surface area contributed by atoms with E-state index in [1.165, 1.54) is 0 Å². The summed E-state index contributed by atoms with van der Waals surface area (Å²) in [6.45, 7) is 7.85. The molecule has 0 saturated carbocycles. The Labute approximate surface area is 121 Å². The second-order valence-electron chi connectivity index (χ2n) is 4.32. The average molecular weight is 286 g/mol. The van der Waals surface area contributed by atoms with Crippen molar-refractivity contribution in [2.24, 2.45) is 0 Å². The van der Waals surface area contributed by atoms with Crippen molar-refractivity contribution in [1.29, 1.82) is 0 Å². The lowest BCUT2D eigenvalue weighted by Gasteiger charge is -2.13. The number of rotatable bonds is 10. The average Bonchev–Trinajstić information content (AvgIpc) is 2.42. The van der Waals surface area contributed by atoms with Crippen LogP contribution in [0.15, 0.2) is 18.2 Å². The van der Waals surface area contributed by atoms with Crippen LogP contribution in [0.25, 0.3) is 0 Å². The zero-order valence-corrected chi connectivity index (χ0v) is 12.6. The van der Waals surface area contributed by atoms with Crippen LogP contribution in [0.4, 0.5) is 0 Å². The van der Waals surface area contributed by atoms with Crippen LogP contribution in [-0.4, -0.2) is 26.4 Å². The molecule has 1 rings (SSSR count). The maximum Gasteiger partial charge on any atom is 0.142 e. The molecule has 0 aliphatic carbocycles. The van der Waals surface area contributed by atoms with Gasteiger partial charge >= 0.3 is 0 Å². The van der Waals surface area contributed by atoms with Crippen molar-refractivity contribution >= 4 is 11.6 Å². The van der Waals surface area contributed by atoms with Crippen LogP contribution in [0.5, 0.6) is 5.75 Å². The summed E-state index contributed by atoms with van der Waals surface area (Å²) in [6, 6.07) is 5.83. The summed E-state index contributed by atoms with van der Waals surface area (Å²) in [7, 11) is 0. The van der Waals surface area contributed by atoms with Gasteiger partial charge in [0, 0.05) is 18.7 Å². The molecule has 0 atom stereocenters. The van der Waals surface area contributed by atoms with Crippen molar-refractivity contribution in [3.05, 3.63) is 28.8 Å². The summed E-state index contributed by atoms with van der Waals surface area (Å²) in [4.78, 5) is 0. The second kappa shape index (κ2) is 10.1. The molecule has 0 amide bonds. The lowest BCUT2D eigenvalue weighted by Crippen LogP contribution is -2.14. The van der Waals surface area contributed by atoms with Crippen molar-refractivity contribution in [3.8, 4) is 5.75 Å². The Balaban J connectivity index is 2.42. The predicted octanol–water partition coefficient (Wildman–Crippen LogP) is 3.65. The fraction of sp³-hybridized carbons (Fsp3) is 0.600. The highest BCUT2D eigenvalue weighted by molar-refractivity contribution is 6.32. The highest BCUT2D eigenvalue weighted by atomic mass is 35.5. The molecule has 0 bridgehead atoms. The lowest BCUT2D eigenvalue weighted by molar-refractivity contribution is 0.0977. The molecule has 0 heterocycles. The minimum absolute atomic E-state index is 0.534. The van der Waals surface area contributed by atoms with Crippen LogP contribution in [0, 0.1) is 0 Å². The second-order valence-corrected chi connectivity index (χ2v) is 4.73. The third-order valence-corrected chi connectivity index (χ3v) is 3.03. The van der Waals surface area contributed by atoms with E-state index in [9.17, 15) is 0 Å². The molecule has 1 N–H and O–H groups in total. The summed E-state index contributed by atoms with van der Waals surface area (Å²) in [5, 5.41) is 3.94. The van der Waals surface area contributed by atoms with Gasteiger partial charge in [0.15, 0.2) is 0 Å². The van der Waals surface area contributed by atoms with Gasteiger partial charge in [-0.15, -0.1) is 0 Å². The number of para-hydroxylation sites is 1. The van der Waals surface area contributed by atoms with Gasteiger partial charge in [0.05, 0.1) is 11.6 Å². The van der Waals surface area contributed by atoms with Gasteiger partial charge in [0.25, 0.3) is 0 Å². The largest absolute Gasteiger partial charge is 0.489 e. The summed E-state index contributed by atoms with van der Waals surface area (Å²) in [6.07, 6.45) is 2.25. The summed E-state index contributed by atoms with van der Waals surface area (Å²) in [5.74, 6) is 0.768. The van der Waals surface area contributed by atoms with Gasteiger partial charge in [-0.2, -0.15) is 0 Å². The molecule has 108 valence electrons. The van der Waals surface area contributed by atoms with Gasteiger partial charge < -0.3 is 14.8 Å². The van der Waals surface area contributed by atoms with Crippen molar-refractivity contribution in [1.82, 2.24) is 5.32 Å². The number of benzene rings is 1. The smallest absolute Gasteiger partial charge is 0.142 e. The first-order valence-electron chi connectivity index (χ1n) is 6.98. The van der Waals surface area contributed by atoms with Crippen LogP contribution in [-0.2, 0) is 11.3 Å². The Kier molecular flexibility index (Phi) is 8.63. The summed E-state index contributed by atoms with van der Waals surface area (Å²) in [5.41, 5.74) is 1.09. The number of nitrogens with one attached hydrogen (secondary N) is 1. The number of hydrogen-bond donors (Lipinski definition) is 1. The lowest BCUT2D eigenvalue weighted by atomic mass is 10.2. The molecule has 0 spiro atoms. The maximum atomic E-state index is 6.18. The summed E-state index contributed by atoms with van der Waals surface area (Å²) < 4.78 is 11.2. The highest BCUT2D eigenvalue weighted by Gasteiger charge is 2.07. The molecule has 0 saturated heterocycles. The van der Waals surface area contributed by atoms with Gasteiger partial charge in [0.1, 0.15) is 12.4 Å². The highest BCUT2D eigenvalue weighted by Crippen LogP contribution is 2.28. The van der Waals surface area contributed by atoms with E-state index < -0.39 is 0 Å². The third kappa shape index (κ3) is 6.28. The van der Waals surface area contributed by atoms with E-state index in [-0.39, 0.29) is 0 Å². The van der Waals surface area contributed by atoms with Crippen LogP contribution in [0.1, 0.15) is 32.3 Å². The quantitative estimate of drug-likeness (QED) is 0.666. The molecule has 1 aromatic carbocycles. The molecule has 3 nitrogen and oxygen atoms in total. The molecule has 0 aliphatic rings. The first-order valence-corrected chi connectivity index (χ1v) is 7.36. The molecular formula is C15H24ClNO2. The van der Waals surface area contributed by atoms with Gasteiger partial charge in [-0.3, -0.25) is 0 Å². The Morgan fingerprint density at radius 2 is 2.00 bits per heavy atom. The fourth-order valence-electron chi connectivity index (χ4n) is 1.67. The van der Waals surface area contributed by atoms with E-state index in [0.717, 1.165) is 43.9 Å². The minimum Gasteiger partial charge on any atom is -0.489 e. The first kappa shape index (κ1) is 16.3. The minimum atomic E-state index is 0.534. The van der Waals surface area contributed by atoms with E-state index in [4.69, 9.17) is 21.1 Å². The van der Waals surface area contributed by atoms with E-state index in [2.05, 4.69) is 19.2 Å². The number of unbranched alkanes of at least 4 members (excludes halogenated alkanes) is 1. The Hall–Kier alpha value is -0.770. The molecule has 4 heteroatoms. The van der Waals surface area contributed by atoms with Crippen LogP contribution in [0.3, 0.4) is 0 Å². The standard InChI is InChI=1S/C15H24ClNO2/c1-3-5-9-18-10-11-19-15-13(12-17-4-2)7-6-8-14(15)16/h6-8,17H,3-5,9-12H2,1-2H3. The molecular weight excluding hydrogens is 262 g/mol. The number of halogens is 1. The van der Waals surface area contributed by atoms with Crippen LogP contribution >= 0.6 is 11.6 Å². The van der Waals surface area contributed by atoms with Crippen LogP contribution < -0.4 is 10.1 Å². The van der Waals surface area contributed by atoms with Crippen molar-refractivity contribution < 1.29 is 9.47 Å². The normalized spacial score (nSPS) is 10.7. The molecule has 19 heavy (non-hydrogen) atoms. The van der Waals surface area contributed by atoms with Gasteiger partial charge in [0.2, 0.25) is 0 Å². The molecule has 1 aromatic rings. The topological polar surface area (TPSA) is 30.5 Å². The zero-order valence-electron chi connectivity index (χ0n) is 11.9. The van der Waals surface area contributed by atoms with E-state index in [1.807, 2.05) is 18.2 Å². The maximum absolute atomic E-state index is 6.18. The van der Waals surface area contributed by atoms with Crippen molar-refractivity contribution in [2.45, 2.75) is 33.2 Å². The van der Waals surface area contributed by atoms with Gasteiger partial charge in [-0.05, 0) is 19.0 Å². The fourth-order valence-corrected chi connectivity index (χ4v) is 1.91. The Bertz CT molecular complexity index is 358. The third-order valence-electron chi connectivity index (χ3n) is 2.73. The number of hydrogen-bond acceptors (Lipinski definition) is 3. The van der Waals surface area contributed by atoms with Gasteiger partial charge in [-0.25, -0.2) is 0 Å². The Morgan fingerprint density at radius 3 is 2.74 bits per heavy atom. The Morgan fingerprint density at radius 1 is 1.16 bits per heavy atom. The molecule has 0 fully saturated rings. The first-order chi connectivity index (χ1) is 9.29. The van der Waals surface area contributed by atoms with Crippen molar-refractivity contribution in [2.75, 3.05) is 26.4 Å². The molecule has 0 aromatic heterocycles. The summed E-state index contributed by atoms with van der Waals surface area (Å²) >= 11 is 6.18. The number of ether oxygens (including phenoxy) is 2. The zero-order chi connectivity index (χ0) is 13.9. The predicted molar refractivity (Wildman–Crippen MR) is 80.1 cm³/mol. The van der Waals surface area contributed by atoms with Crippen LogP contribution in [0.2, 0.25) is 5.02 Å². The monoisotopic (exact) mass is 285 g/mol. The van der Waals surface area contributed by atoms with Crippen molar-refractivity contribution in [3.63, 3.8) is 0 Å².